The molecule has 98 valence electrons. The molecule has 0 aliphatic carbocycles. The predicted molar refractivity (Wildman–Crippen MR) is 68.0 cm³/mol. The van der Waals surface area contributed by atoms with E-state index in [4.69, 9.17) is 5.26 Å². The van der Waals surface area contributed by atoms with E-state index in [1.165, 1.54) is 35.3 Å². The van der Waals surface area contributed by atoms with Crippen molar-refractivity contribution in [3.63, 3.8) is 0 Å². The van der Waals surface area contributed by atoms with Crippen molar-refractivity contribution in [3.8, 4) is 6.07 Å². The molecule has 0 fully saturated rings. The number of sulfone groups is 1. The number of rotatable bonds is 4. The Kier molecular flexibility index (Phi) is 3.62. The van der Waals surface area contributed by atoms with Crippen LogP contribution in [0.2, 0.25) is 0 Å². The summed E-state index contributed by atoms with van der Waals surface area (Å²) in [7, 11) is -3.37. The first kappa shape index (κ1) is 13.2. The summed E-state index contributed by atoms with van der Waals surface area (Å²) < 4.78 is 25.6. The smallest absolute Gasteiger partial charge is 0.180 e. The van der Waals surface area contributed by atoms with E-state index in [0.717, 1.165) is 0 Å². The molecule has 19 heavy (non-hydrogen) atoms. The molecule has 0 aliphatic heterocycles. The lowest BCUT2D eigenvalue weighted by Gasteiger charge is -2.04. The van der Waals surface area contributed by atoms with Crippen LogP contribution in [0, 0.1) is 18.3 Å². The summed E-state index contributed by atoms with van der Waals surface area (Å²) in [5.74, 6) is 0.553. The van der Waals surface area contributed by atoms with Crippen molar-refractivity contribution in [1.29, 1.82) is 5.26 Å². The van der Waals surface area contributed by atoms with Gasteiger partial charge in [0.1, 0.15) is 12.2 Å². The van der Waals surface area contributed by atoms with Gasteiger partial charge in [-0.3, -0.25) is 4.68 Å². The number of nitrogens with zero attached hydrogens (tertiary/aromatic N) is 4. The van der Waals surface area contributed by atoms with Crippen LogP contribution in [-0.4, -0.2) is 28.9 Å². The molecule has 0 atom stereocenters. The molecule has 2 rings (SSSR count). The van der Waals surface area contributed by atoms with Crippen LogP contribution in [0.4, 0.5) is 0 Å². The van der Waals surface area contributed by atoms with Crippen molar-refractivity contribution < 1.29 is 8.42 Å². The molecule has 7 heteroatoms. The highest BCUT2D eigenvalue weighted by Gasteiger charge is 2.14. The van der Waals surface area contributed by atoms with Crippen LogP contribution in [0.15, 0.2) is 35.5 Å². The van der Waals surface area contributed by atoms with Gasteiger partial charge in [0.15, 0.2) is 9.84 Å². The Morgan fingerprint density at radius 2 is 2.00 bits per heavy atom. The third-order valence-corrected chi connectivity index (χ3v) is 4.29. The number of benzene rings is 1. The Bertz CT molecular complexity index is 711. The van der Waals surface area contributed by atoms with Gasteiger partial charge in [0, 0.05) is 0 Å². The van der Waals surface area contributed by atoms with Crippen molar-refractivity contribution in [2.75, 3.05) is 5.75 Å². The van der Waals surface area contributed by atoms with Crippen LogP contribution < -0.4 is 0 Å². The Hall–Kier alpha value is -2.20. The largest absolute Gasteiger partial charge is 0.252 e. The van der Waals surface area contributed by atoms with E-state index >= 15 is 0 Å². The summed E-state index contributed by atoms with van der Waals surface area (Å²) in [5.41, 5.74) is 0.436. The lowest BCUT2D eigenvalue weighted by atomic mass is 10.2. The molecular weight excluding hydrogens is 264 g/mol. The Morgan fingerprint density at radius 3 is 2.53 bits per heavy atom. The summed E-state index contributed by atoms with van der Waals surface area (Å²) in [5, 5.41) is 12.7. The molecule has 1 heterocycles. The molecule has 0 bridgehead atoms. The van der Waals surface area contributed by atoms with Crippen LogP contribution in [-0.2, 0) is 16.4 Å². The molecule has 0 saturated carbocycles. The maximum Gasteiger partial charge on any atom is 0.180 e. The minimum atomic E-state index is -3.37. The molecular formula is C12H12N4O2S. The zero-order chi connectivity index (χ0) is 13.9. The van der Waals surface area contributed by atoms with E-state index in [1.54, 1.807) is 6.92 Å². The standard InChI is InChI=1S/C12H12N4O2S/c1-10-14-9-16(15-10)6-7-19(17,18)12-4-2-11(8-13)3-5-12/h2-5,9H,6-7H2,1H3. The molecule has 0 amide bonds. The first-order valence-electron chi connectivity index (χ1n) is 5.60. The molecule has 0 radical (unpaired) electrons. The first-order chi connectivity index (χ1) is 9.01. The summed E-state index contributed by atoms with van der Waals surface area (Å²) in [4.78, 5) is 4.15. The lowest BCUT2D eigenvalue weighted by molar-refractivity contribution is 0.579. The Labute approximate surface area is 111 Å². The van der Waals surface area contributed by atoms with Gasteiger partial charge in [-0.1, -0.05) is 0 Å². The molecule has 0 unspecified atom stereocenters. The van der Waals surface area contributed by atoms with E-state index in [0.29, 0.717) is 11.4 Å². The van der Waals surface area contributed by atoms with Gasteiger partial charge in [-0.05, 0) is 31.2 Å². The topological polar surface area (TPSA) is 88.6 Å². The van der Waals surface area contributed by atoms with Gasteiger partial charge in [0.2, 0.25) is 0 Å². The molecule has 2 aromatic rings. The molecule has 1 aromatic carbocycles. The maximum atomic E-state index is 12.1. The van der Waals surface area contributed by atoms with Gasteiger partial charge in [-0.15, -0.1) is 0 Å². The minimum absolute atomic E-state index is 0.0539. The minimum Gasteiger partial charge on any atom is -0.252 e. The van der Waals surface area contributed by atoms with Gasteiger partial charge in [-0.25, -0.2) is 13.4 Å². The average Bonchev–Trinajstić information content (AvgIpc) is 2.82. The normalized spacial score (nSPS) is 11.2. The monoisotopic (exact) mass is 276 g/mol. The zero-order valence-corrected chi connectivity index (χ0v) is 11.1. The fourth-order valence-electron chi connectivity index (χ4n) is 1.56. The second kappa shape index (κ2) is 5.20. The number of nitriles is 1. The van der Waals surface area contributed by atoms with Crippen molar-refractivity contribution in [2.45, 2.75) is 18.4 Å². The highest BCUT2D eigenvalue weighted by molar-refractivity contribution is 7.91. The number of aromatic nitrogens is 3. The van der Waals surface area contributed by atoms with Gasteiger partial charge < -0.3 is 0 Å². The van der Waals surface area contributed by atoms with Gasteiger partial charge in [0.25, 0.3) is 0 Å². The fraction of sp³-hybridized carbons (Fsp3) is 0.250. The fourth-order valence-corrected chi connectivity index (χ4v) is 2.78. The molecule has 1 aromatic heterocycles. The maximum absolute atomic E-state index is 12.1. The van der Waals surface area contributed by atoms with E-state index in [9.17, 15) is 8.42 Å². The van der Waals surface area contributed by atoms with Gasteiger partial charge >= 0.3 is 0 Å². The van der Waals surface area contributed by atoms with Gasteiger partial charge in [-0.2, -0.15) is 10.4 Å². The molecule has 0 spiro atoms. The summed E-state index contributed by atoms with van der Waals surface area (Å²) in [6.45, 7) is 1.99. The molecule has 6 nitrogen and oxygen atoms in total. The van der Waals surface area contributed by atoms with Crippen LogP contribution in [0.3, 0.4) is 0 Å². The van der Waals surface area contributed by atoms with Crippen LogP contribution in [0.1, 0.15) is 11.4 Å². The van der Waals surface area contributed by atoms with Crippen LogP contribution in [0.5, 0.6) is 0 Å². The third kappa shape index (κ3) is 3.17. The zero-order valence-electron chi connectivity index (χ0n) is 10.3. The van der Waals surface area contributed by atoms with Crippen molar-refractivity contribution >= 4 is 9.84 Å². The van der Waals surface area contributed by atoms with Crippen molar-refractivity contribution in [3.05, 3.63) is 42.0 Å². The Morgan fingerprint density at radius 1 is 1.32 bits per heavy atom. The summed E-state index contributed by atoms with van der Waals surface area (Å²) in [6.07, 6.45) is 1.50. The van der Waals surface area contributed by atoms with E-state index in [2.05, 4.69) is 10.1 Å². The van der Waals surface area contributed by atoms with Crippen molar-refractivity contribution in [2.24, 2.45) is 0 Å². The quantitative estimate of drug-likeness (QED) is 0.828. The van der Waals surface area contributed by atoms with E-state index < -0.39 is 9.84 Å². The second-order valence-electron chi connectivity index (χ2n) is 4.01. The summed E-state index contributed by atoms with van der Waals surface area (Å²) >= 11 is 0. The SMILES string of the molecule is Cc1ncn(CCS(=O)(=O)c2ccc(C#N)cc2)n1. The van der Waals surface area contributed by atoms with Crippen molar-refractivity contribution in [1.82, 2.24) is 14.8 Å². The predicted octanol–water partition coefficient (Wildman–Crippen LogP) is 0.932. The number of hydrogen-bond donors (Lipinski definition) is 0. The van der Waals surface area contributed by atoms with Crippen LogP contribution >= 0.6 is 0 Å². The third-order valence-electron chi connectivity index (χ3n) is 2.58. The van der Waals surface area contributed by atoms with E-state index in [1.807, 2.05) is 6.07 Å². The number of hydrogen-bond acceptors (Lipinski definition) is 5. The Balaban J connectivity index is 2.11. The first-order valence-corrected chi connectivity index (χ1v) is 7.25. The second-order valence-corrected chi connectivity index (χ2v) is 6.12. The highest BCUT2D eigenvalue weighted by atomic mass is 32.2. The lowest BCUT2D eigenvalue weighted by Crippen LogP contribution is -2.13. The summed E-state index contributed by atoms with van der Waals surface area (Å²) in [6, 6.07) is 7.82. The van der Waals surface area contributed by atoms with E-state index in [-0.39, 0.29) is 17.2 Å². The average molecular weight is 276 g/mol. The highest BCUT2D eigenvalue weighted by Crippen LogP contribution is 2.12. The molecule has 0 N–H and O–H groups in total. The molecule has 0 aliphatic rings. The number of aryl methyl sites for hydroxylation is 2. The molecule has 0 saturated heterocycles. The van der Waals surface area contributed by atoms with Crippen LogP contribution in [0.25, 0.3) is 0 Å². The van der Waals surface area contributed by atoms with Gasteiger partial charge in [0.05, 0.1) is 28.8 Å².